The zero-order chi connectivity index (χ0) is 14.7. The highest BCUT2D eigenvalue weighted by molar-refractivity contribution is 5.78. The van der Waals surface area contributed by atoms with Crippen molar-refractivity contribution >= 4 is 12.2 Å². The van der Waals surface area contributed by atoms with Gasteiger partial charge in [0.2, 0.25) is 5.91 Å². The standard InChI is InChI=1S/C15H23N3O2/c1-11-13(12(2)16-14(11)10-19)4-5-15(20)18-8-6-17(3)7-9-18/h10,16H,4-9H2,1-3H3. The van der Waals surface area contributed by atoms with Crippen LogP contribution in [0.3, 0.4) is 0 Å². The fourth-order valence-corrected chi connectivity index (χ4v) is 2.75. The first kappa shape index (κ1) is 14.8. The quantitative estimate of drug-likeness (QED) is 0.840. The smallest absolute Gasteiger partial charge is 0.222 e. The van der Waals surface area contributed by atoms with Crippen molar-refractivity contribution in [1.29, 1.82) is 0 Å². The van der Waals surface area contributed by atoms with Gasteiger partial charge in [-0.2, -0.15) is 0 Å². The van der Waals surface area contributed by atoms with Crippen LogP contribution in [0, 0.1) is 13.8 Å². The van der Waals surface area contributed by atoms with Gasteiger partial charge in [0.15, 0.2) is 6.29 Å². The molecule has 2 rings (SSSR count). The van der Waals surface area contributed by atoms with E-state index < -0.39 is 0 Å². The van der Waals surface area contributed by atoms with Gasteiger partial charge in [0, 0.05) is 38.3 Å². The molecule has 20 heavy (non-hydrogen) atoms. The summed E-state index contributed by atoms with van der Waals surface area (Å²) in [7, 11) is 2.08. The largest absolute Gasteiger partial charge is 0.356 e. The van der Waals surface area contributed by atoms with E-state index in [9.17, 15) is 9.59 Å². The van der Waals surface area contributed by atoms with E-state index in [4.69, 9.17) is 0 Å². The maximum Gasteiger partial charge on any atom is 0.222 e. The number of aldehydes is 1. The van der Waals surface area contributed by atoms with Crippen molar-refractivity contribution in [3.63, 3.8) is 0 Å². The van der Waals surface area contributed by atoms with Crippen LogP contribution in [-0.4, -0.2) is 60.2 Å². The molecule has 0 radical (unpaired) electrons. The number of aromatic nitrogens is 1. The van der Waals surface area contributed by atoms with Crippen LogP contribution in [0.5, 0.6) is 0 Å². The summed E-state index contributed by atoms with van der Waals surface area (Å²) in [5, 5.41) is 0. The van der Waals surface area contributed by atoms with Crippen LogP contribution in [0.15, 0.2) is 0 Å². The molecule has 0 atom stereocenters. The van der Waals surface area contributed by atoms with Crippen LogP contribution >= 0.6 is 0 Å². The van der Waals surface area contributed by atoms with Crippen LogP contribution in [-0.2, 0) is 11.2 Å². The lowest BCUT2D eigenvalue weighted by atomic mass is 10.0. The first-order valence-corrected chi connectivity index (χ1v) is 7.12. The first-order chi connectivity index (χ1) is 9.52. The highest BCUT2D eigenvalue weighted by Crippen LogP contribution is 2.18. The molecule has 1 N–H and O–H groups in total. The van der Waals surface area contributed by atoms with E-state index in [0.29, 0.717) is 18.5 Å². The summed E-state index contributed by atoms with van der Waals surface area (Å²) in [5.74, 6) is 0.214. The van der Waals surface area contributed by atoms with Crippen molar-refractivity contribution in [1.82, 2.24) is 14.8 Å². The molecular weight excluding hydrogens is 254 g/mol. The first-order valence-electron chi connectivity index (χ1n) is 7.12. The van der Waals surface area contributed by atoms with Crippen molar-refractivity contribution in [2.75, 3.05) is 33.2 Å². The van der Waals surface area contributed by atoms with Crippen LogP contribution in [0.4, 0.5) is 0 Å². The molecule has 1 aliphatic heterocycles. The second kappa shape index (κ2) is 6.22. The third-order valence-corrected chi connectivity index (χ3v) is 4.19. The number of rotatable bonds is 4. The maximum atomic E-state index is 12.2. The van der Waals surface area contributed by atoms with Gasteiger partial charge in [-0.05, 0) is 38.4 Å². The van der Waals surface area contributed by atoms with Gasteiger partial charge < -0.3 is 14.8 Å². The fourth-order valence-electron chi connectivity index (χ4n) is 2.75. The lowest BCUT2D eigenvalue weighted by Crippen LogP contribution is -2.47. The second-order valence-electron chi connectivity index (χ2n) is 5.57. The van der Waals surface area contributed by atoms with Gasteiger partial charge in [-0.1, -0.05) is 0 Å². The van der Waals surface area contributed by atoms with Gasteiger partial charge in [0.25, 0.3) is 0 Å². The minimum absolute atomic E-state index is 0.214. The molecule has 1 aliphatic rings. The van der Waals surface area contributed by atoms with Gasteiger partial charge >= 0.3 is 0 Å². The Kier molecular flexibility index (Phi) is 4.60. The summed E-state index contributed by atoms with van der Waals surface area (Å²) in [6, 6.07) is 0. The SMILES string of the molecule is Cc1[nH]c(C=O)c(C)c1CCC(=O)N1CCN(C)CC1. The van der Waals surface area contributed by atoms with E-state index in [1.54, 1.807) is 0 Å². The van der Waals surface area contributed by atoms with Crippen LogP contribution < -0.4 is 0 Å². The Balaban J connectivity index is 1.93. The minimum atomic E-state index is 0.214. The molecule has 1 saturated heterocycles. The van der Waals surface area contributed by atoms with Gasteiger partial charge in [-0.25, -0.2) is 0 Å². The number of nitrogens with one attached hydrogen (secondary N) is 1. The number of piperazine rings is 1. The molecule has 0 saturated carbocycles. The molecule has 0 bridgehead atoms. The molecule has 0 aliphatic carbocycles. The summed E-state index contributed by atoms with van der Waals surface area (Å²) in [4.78, 5) is 30.4. The average molecular weight is 277 g/mol. The second-order valence-corrected chi connectivity index (χ2v) is 5.57. The molecule has 1 aromatic rings. The Morgan fingerprint density at radius 2 is 1.90 bits per heavy atom. The molecule has 0 unspecified atom stereocenters. The number of hydrogen-bond acceptors (Lipinski definition) is 3. The van der Waals surface area contributed by atoms with E-state index in [-0.39, 0.29) is 5.91 Å². The predicted molar refractivity (Wildman–Crippen MR) is 78.1 cm³/mol. The molecule has 2 heterocycles. The third kappa shape index (κ3) is 3.10. The normalized spacial score (nSPS) is 16.4. The zero-order valence-electron chi connectivity index (χ0n) is 12.5. The number of carbonyl (C=O) groups excluding carboxylic acids is 2. The van der Waals surface area contributed by atoms with Crippen molar-refractivity contribution in [2.24, 2.45) is 0 Å². The van der Waals surface area contributed by atoms with Crippen LogP contribution in [0.2, 0.25) is 0 Å². The number of nitrogens with zero attached hydrogens (tertiary/aromatic N) is 2. The predicted octanol–water partition coefficient (Wildman–Crippen LogP) is 1.15. The summed E-state index contributed by atoms with van der Waals surface area (Å²) in [5.41, 5.74) is 3.71. The zero-order valence-corrected chi connectivity index (χ0v) is 12.5. The number of amides is 1. The van der Waals surface area contributed by atoms with Gasteiger partial charge in [-0.3, -0.25) is 9.59 Å². The van der Waals surface area contributed by atoms with E-state index in [1.807, 2.05) is 18.7 Å². The number of hydrogen-bond donors (Lipinski definition) is 1. The number of aryl methyl sites for hydroxylation is 1. The van der Waals surface area contributed by atoms with E-state index in [1.165, 1.54) is 0 Å². The molecule has 1 fully saturated rings. The molecule has 110 valence electrons. The lowest BCUT2D eigenvalue weighted by Gasteiger charge is -2.32. The Morgan fingerprint density at radius 1 is 1.25 bits per heavy atom. The summed E-state index contributed by atoms with van der Waals surface area (Å²) >= 11 is 0. The maximum absolute atomic E-state index is 12.2. The Labute approximate surface area is 119 Å². The number of H-pyrrole nitrogens is 1. The topological polar surface area (TPSA) is 56.4 Å². The van der Waals surface area contributed by atoms with Gasteiger partial charge in [0.1, 0.15) is 0 Å². The molecule has 5 nitrogen and oxygen atoms in total. The van der Waals surface area contributed by atoms with Crippen molar-refractivity contribution in [3.05, 3.63) is 22.5 Å². The number of aromatic amines is 1. The summed E-state index contributed by atoms with van der Waals surface area (Å²) < 4.78 is 0. The molecule has 0 spiro atoms. The van der Waals surface area contributed by atoms with Crippen molar-refractivity contribution in [2.45, 2.75) is 26.7 Å². The third-order valence-electron chi connectivity index (χ3n) is 4.19. The highest BCUT2D eigenvalue weighted by Gasteiger charge is 2.19. The van der Waals surface area contributed by atoms with E-state index in [2.05, 4.69) is 16.9 Å². The van der Waals surface area contributed by atoms with Gasteiger partial charge in [0.05, 0.1) is 5.69 Å². The number of carbonyl (C=O) groups is 2. The molecule has 1 amide bonds. The molecule has 5 heteroatoms. The minimum Gasteiger partial charge on any atom is -0.356 e. The van der Waals surface area contributed by atoms with Gasteiger partial charge in [-0.15, -0.1) is 0 Å². The van der Waals surface area contributed by atoms with E-state index >= 15 is 0 Å². The monoisotopic (exact) mass is 277 g/mol. The molecule has 1 aromatic heterocycles. The highest BCUT2D eigenvalue weighted by atomic mass is 16.2. The Morgan fingerprint density at radius 3 is 2.45 bits per heavy atom. The Bertz CT molecular complexity index is 499. The molecule has 0 aromatic carbocycles. The summed E-state index contributed by atoms with van der Waals surface area (Å²) in [6.07, 6.45) is 2.06. The summed E-state index contributed by atoms with van der Waals surface area (Å²) in [6.45, 7) is 7.42. The fraction of sp³-hybridized carbons (Fsp3) is 0.600. The van der Waals surface area contributed by atoms with Crippen molar-refractivity contribution in [3.8, 4) is 0 Å². The lowest BCUT2D eigenvalue weighted by molar-refractivity contribution is -0.132. The van der Waals surface area contributed by atoms with Crippen LogP contribution in [0.1, 0.15) is 33.7 Å². The average Bonchev–Trinajstić information content (AvgIpc) is 2.71. The van der Waals surface area contributed by atoms with Crippen molar-refractivity contribution < 1.29 is 9.59 Å². The van der Waals surface area contributed by atoms with E-state index in [0.717, 1.165) is 49.3 Å². The molecular formula is C15H23N3O2. The van der Waals surface area contributed by atoms with Crippen LogP contribution in [0.25, 0.3) is 0 Å². The Hall–Kier alpha value is -1.62. The number of likely N-dealkylation sites (N-methyl/N-ethyl adjacent to an activating group) is 1.